The quantitative estimate of drug-likeness (QED) is 0.313. The topological polar surface area (TPSA) is 113 Å². The smallest absolute Gasteiger partial charge is 0.253 e. The van der Waals surface area contributed by atoms with Gasteiger partial charge in [-0.1, -0.05) is 50.4 Å². The van der Waals surface area contributed by atoms with E-state index in [1.165, 1.54) is 17.4 Å². The van der Waals surface area contributed by atoms with E-state index in [9.17, 15) is 9.59 Å². The zero-order valence-corrected chi connectivity index (χ0v) is 22.2. The number of nitrogens with zero attached hydrogens (tertiary/aromatic N) is 4. The highest BCUT2D eigenvalue weighted by molar-refractivity contribution is 8.00. The fraction of sp³-hybridized carbons (Fsp3) is 0.400. The van der Waals surface area contributed by atoms with E-state index >= 15 is 0 Å². The van der Waals surface area contributed by atoms with Gasteiger partial charge in [-0.3, -0.25) is 9.59 Å². The maximum absolute atomic E-state index is 13.0. The van der Waals surface area contributed by atoms with Crippen LogP contribution in [0, 0.1) is 0 Å². The average molecular weight is 527 g/mol. The Morgan fingerprint density at radius 3 is 2.75 bits per heavy atom. The van der Waals surface area contributed by atoms with Crippen molar-refractivity contribution in [3.05, 3.63) is 60.3 Å². The van der Waals surface area contributed by atoms with Gasteiger partial charge in [-0.2, -0.15) is 0 Å². The first-order chi connectivity index (χ1) is 17.2. The SMILES string of the molecule is C=CC(=O)Nc1ccc(C(=O)N2CCCC(Nc3nnc(SCc4ncc(C(C)(C)C)o4)s3)C2)cc1. The van der Waals surface area contributed by atoms with Gasteiger partial charge in [0.05, 0.1) is 11.9 Å². The second kappa shape index (κ2) is 11.3. The molecule has 0 bridgehead atoms. The van der Waals surface area contributed by atoms with E-state index in [1.807, 2.05) is 4.90 Å². The molecule has 1 fully saturated rings. The summed E-state index contributed by atoms with van der Waals surface area (Å²) >= 11 is 3.03. The summed E-state index contributed by atoms with van der Waals surface area (Å²) in [5, 5.41) is 15.4. The fourth-order valence-electron chi connectivity index (χ4n) is 3.70. The standard InChI is InChI=1S/C25H30N6O3S2/c1-5-20(32)27-17-10-8-16(9-11-17)22(33)31-12-6-7-18(14-31)28-23-29-30-24(36-23)35-15-21-26-13-19(34-21)25(2,3)4/h5,8-11,13,18H,1,6-7,12,14-15H2,2-4H3,(H,27,32)(H,28,29). The van der Waals surface area contributed by atoms with Crippen molar-refractivity contribution in [3.63, 3.8) is 0 Å². The van der Waals surface area contributed by atoms with Crippen LogP contribution >= 0.6 is 23.1 Å². The summed E-state index contributed by atoms with van der Waals surface area (Å²) < 4.78 is 6.68. The maximum Gasteiger partial charge on any atom is 0.253 e. The van der Waals surface area contributed by atoms with Gasteiger partial charge in [-0.05, 0) is 43.2 Å². The van der Waals surface area contributed by atoms with E-state index < -0.39 is 0 Å². The number of aromatic nitrogens is 3. The molecule has 0 radical (unpaired) electrons. The molecule has 36 heavy (non-hydrogen) atoms. The largest absolute Gasteiger partial charge is 0.444 e. The lowest BCUT2D eigenvalue weighted by Gasteiger charge is -2.33. The van der Waals surface area contributed by atoms with Crippen molar-refractivity contribution >= 4 is 45.7 Å². The Labute approximate surface area is 218 Å². The molecule has 1 aromatic carbocycles. The number of oxazole rings is 1. The first kappa shape index (κ1) is 25.9. The highest BCUT2D eigenvalue weighted by atomic mass is 32.2. The Bertz CT molecular complexity index is 1220. The second-order valence-electron chi connectivity index (χ2n) is 9.54. The molecule has 1 aliphatic rings. The number of carbonyl (C=O) groups is 2. The van der Waals surface area contributed by atoms with Crippen LogP contribution in [-0.2, 0) is 16.0 Å². The fourth-order valence-corrected chi connectivity index (χ4v) is 5.38. The number of piperidine rings is 1. The Hall–Kier alpha value is -3.18. The van der Waals surface area contributed by atoms with E-state index in [2.05, 4.69) is 53.2 Å². The number of thioether (sulfide) groups is 1. The minimum atomic E-state index is -0.287. The van der Waals surface area contributed by atoms with Gasteiger partial charge in [0.15, 0.2) is 4.34 Å². The first-order valence-electron chi connectivity index (χ1n) is 11.7. The molecule has 0 saturated carbocycles. The van der Waals surface area contributed by atoms with Crippen LogP contribution in [0.3, 0.4) is 0 Å². The van der Waals surface area contributed by atoms with Crippen molar-refractivity contribution in [1.82, 2.24) is 20.1 Å². The molecule has 11 heteroatoms. The molecule has 2 N–H and O–H groups in total. The van der Waals surface area contributed by atoms with Crippen LogP contribution < -0.4 is 10.6 Å². The van der Waals surface area contributed by atoms with Crippen molar-refractivity contribution < 1.29 is 14.0 Å². The molecule has 1 aliphatic heterocycles. The Morgan fingerprint density at radius 1 is 1.28 bits per heavy atom. The number of hydrogen-bond acceptors (Lipinski definition) is 9. The van der Waals surface area contributed by atoms with Gasteiger partial charge in [0.2, 0.25) is 16.9 Å². The van der Waals surface area contributed by atoms with Gasteiger partial charge in [-0.15, -0.1) is 10.2 Å². The molecule has 190 valence electrons. The zero-order valence-electron chi connectivity index (χ0n) is 20.6. The van der Waals surface area contributed by atoms with Crippen molar-refractivity contribution in [1.29, 1.82) is 0 Å². The molecule has 0 spiro atoms. The number of amides is 2. The van der Waals surface area contributed by atoms with Gasteiger partial charge in [0.1, 0.15) is 5.76 Å². The van der Waals surface area contributed by atoms with Crippen LogP contribution in [-0.4, -0.2) is 51.0 Å². The Balaban J connectivity index is 1.29. The molecular formula is C25H30N6O3S2. The van der Waals surface area contributed by atoms with Gasteiger partial charge in [0.25, 0.3) is 5.91 Å². The molecule has 1 unspecified atom stereocenters. The molecule has 2 amide bonds. The summed E-state index contributed by atoms with van der Waals surface area (Å²) in [6, 6.07) is 6.99. The number of carbonyl (C=O) groups excluding carboxylic acids is 2. The van der Waals surface area contributed by atoms with E-state index in [-0.39, 0.29) is 23.3 Å². The number of benzene rings is 1. The lowest BCUT2D eigenvalue weighted by molar-refractivity contribution is -0.111. The minimum Gasteiger partial charge on any atom is -0.444 e. The summed E-state index contributed by atoms with van der Waals surface area (Å²) in [4.78, 5) is 30.7. The molecular weight excluding hydrogens is 496 g/mol. The first-order valence-corrected chi connectivity index (χ1v) is 13.5. The summed E-state index contributed by atoms with van der Waals surface area (Å²) in [6.45, 7) is 11.0. The van der Waals surface area contributed by atoms with Crippen molar-refractivity contribution in [2.75, 3.05) is 23.7 Å². The summed E-state index contributed by atoms with van der Waals surface area (Å²) in [7, 11) is 0. The molecule has 3 heterocycles. The summed E-state index contributed by atoms with van der Waals surface area (Å²) in [5.41, 5.74) is 1.14. The maximum atomic E-state index is 13.0. The van der Waals surface area contributed by atoms with Crippen LogP contribution in [0.2, 0.25) is 0 Å². The Kier molecular flexibility index (Phi) is 8.10. The molecule has 0 aliphatic carbocycles. The predicted octanol–water partition coefficient (Wildman–Crippen LogP) is 4.96. The molecule has 4 rings (SSSR count). The number of nitrogens with one attached hydrogen (secondary N) is 2. The van der Waals surface area contributed by atoms with E-state index in [0.29, 0.717) is 36.0 Å². The van der Waals surface area contributed by atoms with Crippen LogP contribution in [0.25, 0.3) is 0 Å². The molecule has 1 saturated heterocycles. The normalized spacial score (nSPS) is 16.0. The Morgan fingerprint density at radius 2 is 2.06 bits per heavy atom. The van der Waals surface area contributed by atoms with Crippen molar-refractivity contribution in [3.8, 4) is 0 Å². The number of anilines is 2. The molecule has 3 aromatic rings. The molecule has 1 atom stereocenters. The van der Waals surface area contributed by atoms with Gasteiger partial charge in [0, 0.05) is 35.8 Å². The third kappa shape index (κ3) is 6.73. The van der Waals surface area contributed by atoms with Crippen molar-refractivity contribution in [2.45, 2.75) is 55.2 Å². The minimum absolute atomic E-state index is 0.0304. The number of rotatable bonds is 8. The number of hydrogen-bond donors (Lipinski definition) is 2. The van der Waals surface area contributed by atoms with Crippen LogP contribution in [0.1, 0.15) is 55.6 Å². The zero-order chi connectivity index (χ0) is 25.7. The number of likely N-dealkylation sites (tertiary alicyclic amines) is 1. The van der Waals surface area contributed by atoms with Gasteiger partial charge < -0.3 is 20.0 Å². The van der Waals surface area contributed by atoms with E-state index in [1.54, 1.807) is 42.2 Å². The second-order valence-corrected chi connectivity index (χ2v) is 11.7. The third-order valence-corrected chi connectivity index (χ3v) is 7.61. The van der Waals surface area contributed by atoms with Crippen LogP contribution in [0.5, 0.6) is 0 Å². The van der Waals surface area contributed by atoms with Gasteiger partial charge >= 0.3 is 0 Å². The lowest BCUT2D eigenvalue weighted by atomic mass is 9.94. The highest BCUT2D eigenvalue weighted by Gasteiger charge is 2.25. The monoisotopic (exact) mass is 526 g/mol. The average Bonchev–Trinajstić information content (AvgIpc) is 3.52. The lowest BCUT2D eigenvalue weighted by Crippen LogP contribution is -2.45. The van der Waals surface area contributed by atoms with Crippen LogP contribution in [0.4, 0.5) is 10.8 Å². The third-order valence-electron chi connectivity index (χ3n) is 5.64. The van der Waals surface area contributed by atoms with E-state index in [0.717, 1.165) is 28.1 Å². The molecule has 2 aromatic heterocycles. The molecule has 9 nitrogen and oxygen atoms in total. The van der Waals surface area contributed by atoms with Crippen molar-refractivity contribution in [2.24, 2.45) is 0 Å². The predicted molar refractivity (Wildman–Crippen MR) is 142 cm³/mol. The van der Waals surface area contributed by atoms with Crippen LogP contribution in [0.15, 0.2) is 51.9 Å². The summed E-state index contributed by atoms with van der Waals surface area (Å²) in [6.07, 6.45) is 4.84. The van der Waals surface area contributed by atoms with Gasteiger partial charge in [-0.25, -0.2) is 4.98 Å². The van der Waals surface area contributed by atoms with E-state index in [4.69, 9.17) is 4.42 Å². The summed E-state index contributed by atoms with van der Waals surface area (Å²) in [5.74, 6) is 1.81. The highest BCUT2D eigenvalue weighted by Crippen LogP contribution is 2.31.